The average molecular weight is 378 g/mol. The minimum Gasteiger partial charge on any atom is -0.399 e. The third kappa shape index (κ3) is 4.83. The molecule has 2 N–H and O–H groups in total. The van der Waals surface area contributed by atoms with E-state index in [1.807, 2.05) is 36.4 Å². The molecule has 0 unspecified atom stereocenters. The number of aryl methyl sites for hydroxylation is 2. The molecule has 144 valence electrons. The first kappa shape index (κ1) is 20.2. The molecular formula is C28H27N. The Labute approximate surface area is 174 Å². The van der Waals surface area contributed by atoms with Gasteiger partial charge in [0.2, 0.25) is 0 Å². The standard InChI is InChI=1S/C28H27N/c1-20-14-17-24(18-15-20)19-16-22(3)27(23(4)29)28(25-11-6-5-7-12-25)26-13-9-8-10-21(26)2/h5-19H,3-4,29H2,1-2H3/b19-16+,28-27-. The van der Waals surface area contributed by atoms with Crippen molar-refractivity contribution in [1.82, 2.24) is 0 Å². The van der Waals surface area contributed by atoms with Crippen LogP contribution in [0, 0.1) is 13.8 Å². The Bertz CT molecular complexity index is 1080. The Balaban J connectivity index is 2.16. The summed E-state index contributed by atoms with van der Waals surface area (Å²) < 4.78 is 0. The number of hydrogen-bond donors (Lipinski definition) is 1. The molecule has 0 heterocycles. The zero-order valence-corrected chi connectivity index (χ0v) is 17.2. The van der Waals surface area contributed by atoms with Crippen LogP contribution in [0.1, 0.15) is 27.8 Å². The maximum absolute atomic E-state index is 6.31. The van der Waals surface area contributed by atoms with Crippen molar-refractivity contribution in [2.45, 2.75) is 13.8 Å². The van der Waals surface area contributed by atoms with Crippen LogP contribution >= 0.6 is 0 Å². The van der Waals surface area contributed by atoms with Crippen LogP contribution in [0.5, 0.6) is 0 Å². The number of hydrogen-bond acceptors (Lipinski definition) is 1. The summed E-state index contributed by atoms with van der Waals surface area (Å²) in [6, 6.07) is 27.0. The number of nitrogens with two attached hydrogens (primary N) is 1. The lowest BCUT2D eigenvalue weighted by molar-refractivity contribution is 1.32. The van der Waals surface area contributed by atoms with Crippen LogP contribution < -0.4 is 5.73 Å². The van der Waals surface area contributed by atoms with Gasteiger partial charge in [0.05, 0.1) is 0 Å². The van der Waals surface area contributed by atoms with Gasteiger partial charge in [0, 0.05) is 11.3 Å². The monoisotopic (exact) mass is 377 g/mol. The van der Waals surface area contributed by atoms with Crippen LogP contribution in [0.15, 0.2) is 115 Å². The van der Waals surface area contributed by atoms with Crippen molar-refractivity contribution in [2.75, 3.05) is 0 Å². The molecule has 0 saturated heterocycles. The normalized spacial score (nSPS) is 11.9. The van der Waals surface area contributed by atoms with E-state index in [0.717, 1.165) is 33.4 Å². The van der Waals surface area contributed by atoms with Crippen LogP contribution in [0.25, 0.3) is 11.6 Å². The minimum atomic E-state index is 0.505. The first-order chi connectivity index (χ1) is 14.0. The Morgan fingerprint density at radius 3 is 2.03 bits per heavy atom. The zero-order chi connectivity index (χ0) is 20.8. The Kier molecular flexibility index (Phi) is 6.31. The van der Waals surface area contributed by atoms with E-state index in [2.05, 4.69) is 81.6 Å². The molecule has 0 spiro atoms. The van der Waals surface area contributed by atoms with Gasteiger partial charge >= 0.3 is 0 Å². The first-order valence-electron chi connectivity index (χ1n) is 9.72. The summed E-state index contributed by atoms with van der Waals surface area (Å²) in [7, 11) is 0. The fourth-order valence-electron chi connectivity index (χ4n) is 3.38. The van der Waals surface area contributed by atoms with Gasteiger partial charge in [-0.1, -0.05) is 110 Å². The third-order valence-electron chi connectivity index (χ3n) is 4.92. The van der Waals surface area contributed by atoms with Crippen LogP contribution in [0.3, 0.4) is 0 Å². The quantitative estimate of drug-likeness (QED) is 0.467. The molecule has 0 radical (unpaired) electrons. The van der Waals surface area contributed by atoms with E-state index < -0.39 is 0 Å². The summed E-state index contributed by atoms with van der Waals surface area (Å²) in [4.78, 5) is 0. The van der Waals surface area contributed by atoms with Gasteiger partial charge in [0.25, 0.3) is 0 Å². The molecule has 0 aliphatic rings. The zero-order valence-electron chi connectivity index (χ0n) is 17.2. The molecule has 0 aliphatic carbocycles. The lowest BCUT2D eigenvalue weighted by Crippen LogP contribution is -2.06. The molecule has 3 aromatic carbocycles. The fourth-order valence-corrected chi connectivity index (χ4v) is 3.38. The molecular weight excluding hydrogens is 350 g/mol. The van der Waals surface area contributed by atoms with Crippen molar-refractivity contribution in [1.29, 1.82) is 0 Å². The molecule has 0 fully saturated rings. The van der Waals surface area contributed by atoms with Crippen molar-refractivity contribution in [3.05, 3.63) is 143 Å². The van der Waals surface area contributed by atoms with Crippen molar-refractivity contribution in [3.63, 3.8) is 0 Å². The topological polar surface area (TPSA) is 26.0 Å². The molecule has 29 heavy (non-hydrogen) atoms. The van der Waals surface area contributed by atoms with E-state index in [-0.39, 0.29) is 0 Å². The maximum atomic E-state index is 6.31. The van der Waals surface area contributed by atoms with Gasteiger partial charge in [-0.3, -0.25) is 0 Å². The SMILES string of the molecule is C=C(N)/C(C(=C)/C=C/c1ccc(C)cc1)=C(/c1ccccc1)c1ccccc1C. The van der Waals surface area contributed by atoms with E-state index in [0.29, 0.717) is 5.70 Å². The Morgan fingerprint density at radius 2 is 1.41 bits per heavy atom. The Morgan fingerprint density at radius 1 is 0.793 bits per heavy atom. The second-order valence-corrected chi connectivity index (χ2v) is 7.23. The van der Waals surface area contributed by atoms with Crippen molar-refractivity contribution in [3.8, 4) is 0 Å². The molecule has 1 heteroatoms. The molecule has 3 rings (SSSR count). The molecule has 0 saturated carbocycles. The maximum Gasteiger partial charge on any atom is 0.0326 e. The van der Waals surface area contributed by atoms with Gasteiger partial charge in [-0.2, -0.15) is 0 Å². The smallest absolute Gasteiger partial charge is 0.0326 e. The summed E-state index contributed by atoms with van der Waals surface area (Å²) in [6.07, 6.45) is 4.07. The van der Waals surface area contributed by atoms with Crippen molar-refractivity contribution in [2.24, 2.45) is 5.73 Å². The molecule has 0 aromatic heterocycles. The van der Waals surface area contributed by atoms with Crippen molar-refractivity contribution < 1.29 is 0 Å². The molecule has 0 atom stereocenters. The van der Waals surface area contributed by atoms with Gasteiger partial charge in [-0.05, 0) is 47.2 Å². The molecule has 1 nitrogen and oxygen atoms in total. The summed E-state index contributed by atoms with van der Waals surface area (Å²) in [6.45, 7) is 12.6. The average Bonchev–Trinajstić information content (AvgIpc) is 2.72. The highest BCUT2D eigenvalue weighted by molar-refractivity contribution is 5.89. The lowest BCUT2D eigenvalue weighted by atomic mass is 9.86. The minimum absolute atomic E-state index is 0.505. The second-order valence-electron chi connectivity index (χ2n) is 7.23. The van der Waals surface area contributed by atoms with Crippen molar-refractivity contribution >= 4 is 11.6 Å². The third-order valence-corrected chi connectivity index (χ3v) is 4.92. The largest absolute Gasteiger partial charge is 0.399 e. The van der Waals surface area contributed by atoms with E-state index in [1.165, 1.54) is 11.1 Å². The van der Waals surface area contributed by atoms with Crippen LogP contribution in [-0.2, 0) is 0 Å². The van der Waals surface area contributed by atoms with E-state index in [9.17, 15) is 0 Å². The summed E-state index contributed by atoms with van der Waals surface area (Å²) in [5, 5.41) is 0. The molecule has 3 aromatic rings. The van der Waals surface area contributed by atoms with Gasteiger partial charge < -0.3 is 5.73 Å². The van der Waals surface area contributed by atoms with E-state index in [4.69, 9.17) is 5.73 Å². The molecule has 0 amide bonds. The second kappa shape index (κ2) is 9.07. The number of benzene rings is 3. The van der Waals surface area contributed by atoms with Gasteiger partial charge in [-0.25, -0.2) is 0 Å². The van der Waals surface area contributed by atoms with Gasteiger partial charge in [0.15, 0.2) is 0 Å². The van der Waals surface area contributed by atoms with E-state index in [1.54, 1.807) is 0 Å². The summed E-state index contributed by atoms with van der Waals surface area (Å²) in [5.41, 5.74) is 15.3. The van der Waals surface area contributed by atoms with Gasteiger partial charge in [-0.15, -0.1) is 0 Å². The van der Waals surface area contributed by atoms with Gasteiger partial charge in [0.1, 0.15) is 0 Å². The predicted octanol–water partition coefficient (Wildman–Crippen LogP) is 6.85. The number of rotatable bonds is 6. The highest BCUT2D eigenvalue weighted by Crippen LogP contribution is 2.34. The van der Waals surface area contributed by atoms with Crippen LogP contribution in [0.2, 0.25) is 0 Å². The predicted molar refractivity (Wildman–Crippen MR) is 126 cm³/mol. The number of allylic oxidation sites excluding steroid dienone is 2. The fraction of sp³-hybridized carbons (Fsp3) is 0.0714. The van der Waals surface area contributed by atoms with Crippen LogP contribution in [-0.4, -0.2) is 0 Å². The molecule has 0 aliphatic heterocycles. The lowest BCUT2D eigenvalue weighted by Gasteiger charge is -2.19. The molecule has 0 bridgehead atoms. The Hall–Kier alpha value is -3.58. The highest BCUT2D eigenvalue weighted by atomic mass is 14.6. The van der Waals surface area contributed by atoms with E-state index >= 15 is 0 Å². The summed E-state index contributed by atoms with van der Waals surface area (Å²) in [5.74, 6) is 0. The summed E-state index contributed by atoms with van der Waals surface area (Å²) >= 11 is 0. The van der Waals surface area contributed by atoms with Crippen LogP contribution in [0.4, 0.5) is 0 Å². The first-order valence-corrected chi connectivity index (χ1v) is 9.72. The highest BCUT2D eigenvalue weighted by Gasteiger charge is 2.16.